The average molecular weight is 444 g/mol. The van der Waals surface area contributed by atoms with Crippen LogP contribution in [0.3, 0.4) is 0 Å². The minimum absolute atomic E-state index is 0. The van der Waals surface area contributed by atoms with Gasteiger partial charge in [-0.2, -0.15) is 0 Å². The summed E-state index contributed by atoms with van der Waals surface area (Å²) >= 11 is 0. The van der Waals surface area contributed by atoms with E-state index in [-0.39, 0.29) is 29.6 Å². The van der Waals surface area contributed by atoms with Crippen LogP contribution in [0.2, 0.25) is 0 Å². The molecule has 0 aromatic carbocycles. The smallest absolute Gasteiger partial charge is 0.191 e. The molecule has 0 aliphatic carbocycles. The van der Waals surface area contributed by atoms with Gasteiger partial charge in [0.1, 0.15) is 12.1 Å². The van der Waals surface area contributed by atoms with Crippen molar-refractivity contribution in [2.24, 2.45) is 4.99 Å². The quantitative estimate of drug-likeness (QED) is 0.405. The molecule has 2 rings (SSSR count). The van der Waals surface area contributed by atoms with E-state index >= 15 is 0 Å². The third-order valence-electron chi connectivity index (χ3n) is 3.50. The number of nitrogens with zero attached hydrogens (tertiary/aromatic N) is 4. The Morgan fingerprint density at radius 1 is 1.33 bits per heavy atom. The molecule has 0 aliphatic rings. The van der Waals surface area contributed by atoms with E-state index in [1.54, 1.807) is 26.7 Å². The Hall–Kier alpha value is -1.68. The molecule has 0 fully saturated rings. The van der Waals surface area contributed by atoms with Crippen molar-refractivity contribution in [3.8, 4) is 5.82 Å². The molecule has 0 saturated heterocycles. The van der Waals surface area contributed by atoms with Crippen LogP contribution < -0.4 is 10.6 Å². The number of hydrogen-bond donors (Lipinski definition) is 2. The number of halogens is 1. The van der Waals surface area contributed by atoms with Crippen LogP contribution in [0.1, 0.15) is 19.4 Å². The second-order valence-electron chi connectivity index (χ2n) is 5.74. The lowest BCUT2D eigenvalue weighted by Crippen LogP contribution is -2.45. The molecule has 2 heterocycles. The molecule has 0 spiro atoms. The lowest BCUT2D eigenvalue weighted by Gasteiger charge is -2.24. The average Bonchev–Trinajstić information content (AvgIpc) is 3.10. The SMILES string of the molecule is CN=C(NCc1ccc(-n2ccnc2)nc1)NCC(C)(C)OC.I. The van der Waals surface area contributed by atoms with Crippen molar-refractivity contribution in [3.05, 3.63) is 42.6 Å². The first-order valence-electron chi connectivity index (χ1n) is 7.47. The Morgan fingerprint density at radius 3 is 2.67 bits per heavy atom. The van der Waals surface area contributed by atoms with Crippen molar-refractivity contribution >= 4 is 29.9 Å². The minimum atomic E-state index is -0.244. The maximum atomic E-state index is 5.38. The van der Waals surface area contributed by atoms with Gasteiger partial charge in [0.2, 0.25) is 0 Å². The molecule has 2 aromatic rings. The number of guanidine groups is 1. The summed E-state index contributed by atoms with van der Waals surface area (Å²) in [5.74, 6) is 1.57. The van der Waals surface area contributed by atoms with E-state index in [4.69, 9.17) is 4.74 Å². The topological polar surface area (TPSA) is 76.4 Å². The predicted octanol–water partition coefficient (Wildman–Crippen LogP) is 1.98. The van der Waals surface area contributed by atoms with Gasteiger partial charge in [0.05, 0.1) is 5.60 Å². The molecule has 0 amide bonds. The molecular weight excluding hydrogens is 419 g/mol. The van der Waals surface area contributed by atoms with Crippen molar-refractivity contribution in [2.75, 3.05) is 20.7 Å². The highest BCUT2D eigenvalue weighted by molar-refractivity contribution is 14.0. The van der Waals surface area contributed by atoms with E-state index in [2.05, 4.69) is 25.6 Å². The molecule has 0 unspecified atom stereocenters. The second-order valence-corrected chi connectivity index (χ2v) is 5.74. The van der Waals surface area contributed by atoms with Crippen LogP contribution in [0, 0.1) is 0 Å². The van der Waals surface area contributed by atoms with Crippen molar-refractivity contribution in [3.63, 3.8) is 0 Å². The van der Waals surface area contributed by atoms with Crippen molar-refractivity contribution < 1.29 is 4.74 Å². The normalized spacial score (nSPS) is 11.8. The number of rotatable bonds is 6. The van der Waals surface area contributed by atoms with Gasteiger partial charge in [-0.25, -0.2) is 9.97 Å². The van der Waals surface area contributed by atoms with Gasteiger partial charge in [-0.05, 0) is 25.5 Å². The van der Waals surface area contributed by atoms with Crippen molar-refractivity contribution in [1.82, 2.24) is 25.2 Å². The lowest BCUT2D eigenvalue weighted by molar-refractivity contribution is 0.0268. The standard InChI is InChI=1S/C16H24N6O.HI/c1-16(2,23-4)11-21-15(17-3)20-10-13-5-6-14(19-9-13)22-8-7-18-12-22;/h5-9,12H,10-11H2,1-4H3,(H2,17,20,21);1H. The van der Waals surface area contributed by atoms with E-state index in [0.29, 0.717) is 13.1 Å². The maximum Gasteiger partial charge on any atom is 0.191 e. The van der Waals surface area contributed by atoms with Crippen LogP contribution in [0.25, 0.3) is 5.82 Å². The Kier molecular flexibility index (Phi) is 8.13. The number of methoxy groups -OCH3 is 1. The summed E-state index contributed by atoms with van der Waals surface area (Å²) in [6.07, 6.45) is 7.16. The summed E-state index contributed by atoms with van der Waals surface area (Å²) in [6.45, 7) is 5.35. The first kappa shape index (κ1) is 20.4. The fourth-order valence-corrected chi connectivity index (χ4v) is 1.84. The van der Waals surface area contributed by atoms with Crippen LogP contribution >= 0.6 is 24.0 Å². The molecule has 2 N–H and O–H groups in total. The third kappa shape index (κ3) is 6.08. The van der Waals surface area contributed by atoms with Gasteiger partial charge in [0, 0.05) is 45.8 Å². The predicted molar refractivity (Wildman–Crippen MR) is 106 cm³/mol. The van der Waals surface area contributed by atoms with Gasteiger partial charge in [0.25, 0.3) is 0 Å². The first-order chi connectivity index (χ1) is 11.0. The summed E-state index contributed by atoms with van der Waals surface area (Å²) in [5.41, 5.74) is 0.828. The van der Waals surface area contributed by atoms with Crippen molar-refractivity contribution in [2.45, 2.75) is 26.0 Å². The molecule has 0 bridgehead atoms. The highest BCUT2D eigenvalue weighted by atomic mass is 127. The number of nitrogens with one attached hydrogen (secondary N) is 2. The number of imidazole rings is 1. The summed E-state index contributed by atoms with van der Waals surface area (Å²) in [6, 6.07) is 3.99. The fourth-order valence-electron chi connectivity index (χ4n) is 1.84. The molecule has 7 nitrogen and oxygen atoms in total. The van der Waals surface area contributed by atoms with Crippen molar-refractivity contribution in [1.29, 1.82) is 0 Å². The molecule has 8 heteroatoms. The Labute approximate surface area is 160 Å². The minimum Gasteiger partial charge on any atom is -0.377 e. The Morgan fingerprint density at radius 2 is 2.12 bits per heavy atom. The number of aliphatic imine (C=N–C) groups is 1. The van der Waals surface area contributed by atoms with E-state index in [1.807, 2.05) is 42.9 Å². The summed E-state index contributed by atoms with van der Waals surface area (Å²) < 4.78 is 7.25. The Balaban J connectivity index is 0.00000288. The molecule has 0 radical (unpaired) electrons. The number of ether oxygens (including phenoxy) is 1. The van der Waals surface area contributed by atoms with Gasteiger partial charge < -0.3 is 15.4 Å². The molecular formula is C16H25IN6O. The molecule has 0 atom stereocenters. The molecule has 0 saturated carbocycles. The number of hydrogen-bond acceptors (Lipinski definition) is 4. The van der Waals surface area contributed by atoms with Crippen LogP contribution in [0.4, 0.5) is 0 Å². The maximum absolute atomic E-state index is 5.38. The largest absolute Gasteiger partial charge is 0.377 e. The summed E-state index contributed by atoms with van der Waals surface area (Å²) in [7, 11) is 3.45. The zero-order valence-corrected chi connectivity index (χ0v) is 16.8. The molecule has 24 heavy (non-hydrogen) atoms. The zero-order valence-electron chi connectivity index (χ0n) is 14.5. The van der Waals surface area contributed by atoms with Gasteiger partial charge in [-0.1, -0.05) is 6.07 Å². The zero-order chi connectivity index (χ0) is 16.7. The van der Waals surface area contributed by atoms with Gasteiger partial charge >= 0.3 is 0 Å². The number of aromatic nitrogens is 3. The summed E-state index contributed by atoms with van der Waals surface area (Å²) in [5, 5.41) is 6.51. The molecule has 2 aromatic heterocycles. The van der Waals surface area contributed by atoms with E-state index < -0.39 is 0 Å². The monoisotopic (exact) mass is 444 g/mol. The second kappa shape index (κ2) is 9.58. The van der Waals surface area contributed by atoms with E-state index in [9.17, 15) is 0 Å². The van der Waals surface area contributed by atoms with Gasteiger partial charge in [-0.15, -0.1) is 24.0 Å². The van der Waals surface area contributed by atoms with Crippen LogP contribution in [-0.2, 0) is 11.3 Å². The van der Waals surface area contributed by atoms with Gasteiger partial charge in [-0.3, -0.25) is 9.56 Å². The number of pyridine rings is 1. The third-order valence-corrected chi connectivity index (χ3v) is 3.50. The van der Waals surface area contributed by atoms with Crippen LogP contribution in [0.5, 0.6) is 0 Å². The van der Waals surface area contributed by atoms with E-state index in [0.717, 1.165) is 17.3 Å². The molecule has 132 valence electrons. The molecule has 0 aliphatic heterocycles. The van der Waals surface area contributed by atoms with Gasteiger partial charge in [0.15, 0.2) is 5.96 Å². The first-order valence-corrected chi connectivity index (χ1v) is 7.47. The van der Waals surface area contributed by atoms with Crippen LogP contribution in [0.15, 0.2) is 42.0 Å². The Bertz CT molecular complexity index is 625. The van der Waals surface area contributed by atoms with E-state index in [1.165, 1.54) is 0 Å². The lowest BCUT2D eigenvalue weighted by atomic mass is 10.1. The highest BCUT2D eigenvalue weighted by Gasteiger charge is 2.16. The van der Waals surface area contributed by atoms with Crippen LogP contribution in [-0.4, -0.2) is 46.8 Å². The fraction of sp³-hybridized carbons (Fsp3) is 0.438. The summed E-state index contributed by atoms with van der Waals surface area (Å²) in [4.78, 5) is 12.6. The highest BCUT2D eigenvalue weighted by Crippen LogP contribution is 2.06.